The lowest BCUT2D eigenvalue weighted by atomic mass is 9.49. The molecule has 2 heterocycles. The molecule has 2 aliphatic heterocycles. The van der Waals surface area contributed by atoms with Crippen LogP contribution in [0.1, 0.15) is 35.4 Å². The highest BCUT2D eigenvalue weighted by Gasteiger charge is 2.70. The molecule has 6 atom stereocenters. The number of allylic oxidation sites excluding steroid dienone is 2. The van der Waals surface area contributed by atoms with E-state index in [-0.39, 0.29) is 55.2 Å². The Balaban J connectivity index is 1.28. The van der Waals surface area contributed by atoms with Gasteiger partial charge in [0.1, 0.15) is 23.9 Å². The van der Waals surface area contributed by atoms with E-state index in [1.807, 2.05) is 18.2 Å². The Morgan fingerprint density at radius 3 is 2.36 bits per heavy atom. The molecule has 1 saturated carbocycles. The Morgan fingerprint density at radius 2 is 1.64 bits per heavy atom. The highest BCUT2D eigenvalue weighted by atomic mass is 35.5. The molecule has 11 nitrogen and oxygen atoms in total. The Labute approximate surface area is 333 Å². The van der Waals surface area contributed by atoms with E-state index in [0.29, 0.717) is 39.8 Å². The zero-order valence-electron chi connectivity index (χ0n) is 30.4. The van der Waals surface area contributed by atoms with Gasteiger partial charge in [-0.1, -0.05) is 77.3 Å². The molecule has 56 heavy (non-hydrogen) atoms. The van der Waals surface area contributed by atoms with E-state index in [1.165, 1.54) is 11.0 Å². The summed E-state index contributed by atoms with van der Waals surface area (Å²) in [6, 6.07) is 25.7. The number of aromatic hydroxyl groups is 1. The maximum absolute atomic E-state index is 15.5. The number of ether oxygens (including phenoxy) is 2. The third-order valence-corrected chi connectivity index (χ3v) is 12.4. The monoisotopic (exact) mass is 795 g/mol. The summed E-state index contributed by atoms with van der Waals surface area (Å²) in [6.07, 6.45) is 2.77. The number of carbonyl (C=O) groups is 4. The Kier molecular flexibility index (Phi) is 10.0. The maximum atomic E-state index is 15.5. The van der Waals surface area contributed by atoms with Crippen LogP contribution in [0.25, 0.3) is 0 Å². The molecule has 3 fully saturated rings. The molecule has 4 aromatic carbocycles. The lowest BCUT2D eigenvalue weighted by Gasteiger charge is -2.50. The molecule has 0 radical (unpaired) electrons. The van der Waals surface area contributed by atoms with Crippen LogP contribution >= 0.6 is 23.2 Å². The Morgan fingerprint density at radius 1 is 0.893 bits per heavy atom. The van der Waals surface area contributed by atoms with Gasteiger partial charge < -0.3 is 19.7 Å². The predicted octanol–water partition coefficient (Wildman–Crippen LogP) is 6.31. The molecule has 3 N–H and O–H groups in total. The molecular formula is C43H39Cl2N3O8. The van der Waals surface area contributed by atoms with Gasteiger partial charge >= 0.3 is 0 Å². The van der Waals surface area contributed by atoms with Gasteiger partial charge in [-0.3, -0.25) is 29.5 Å². The molecule has 0 bridgehead atoms. The van der Waals surface area contributed by atoms with Crippen molar-refractivity contribution in [1.29, 1.82) is 0 Å². The number of nitrogens with zero attached hydrogens (tertiary/aromatic N) is 2. The number of carbonyl (C=O) groups excluding carboxylic acids is 4. The first kappa shape index (κ1) is 37.6. The molecule has 0 aromatic heterocycles. The zero-order chi connectivity index (χ0) is 39.3. The average Bonchev–Trinajstić information content (AvgIpc) is 3.58. The fraction of sp³-hybridized carbons (Fsp3) is 0.302. The van der Waals surface area contributed by atoms with Crippen molar-refractivity contribution >= 4 is 52.5 Å². The molecule has 2 saturated heterocycles. The number of nitrogens with one attached hydrogen (secondary N) is 1. The van der Waals surface area contributed by atoms with E-state index in [4.69, 9.17) is 32.7 Å². The van der Waals surface area contributed by atoms with Crippen molar-refractivity contribution in [2.24, 2.45) is 23.7 Å². The number of aliphatic hydroxyl groups excluding tert-OH is 1. The van der Waals surface area contributed by atoms with Gasteiger partial charge in [-0.05, 0) is 84.8 Å². The molecule has 0 spiro atoms. The standard InChI is InChI=1S/C43H39Cl2N3O8/c1-55-28-13-8-25(9-14-28)43-33(40(52)48(42(43)54)46-35-17-10-26(44)22-34(35)45)23-32-29(38(43)30-4-2-3-5-36(30)56-21-20-49)15-16-31-37(32)41(53)47(39(31)51)19-18-24-6-11-27(50)12-7-24/h2-15,17,22,31-33,37-38,46,49-50H,16,18-21,23H2,1H3. The molecule has 288 valence electrons. The highest BCUT2D eigenvalue weighted by molar-refractivity contribution is 6.36. The molecule has 4 amide bonds. The second kappa shape index (κ2) is 14.9. The summed E-state index contributed by atoms with van der Waals surface area (Å²) in [7, 11) is 1.54. The van der Waals surface area contributed by atoms with Crippen molar-refractivity contribution in [3.05, 3.63) is 129 Å². The number of amides is 4. The molecule has 6 unspecified atom stereocenters. The summed E-state index contributed by atoms with van der Waals surface area (Å²) in [5, 5.41) is 21.1. The third kappa shape index (κ3) is 6.09. The van der Waals surface area contributed by atoms with Crippen molar-refractivity contribution in [2.45, 2.75) is 30.6 Å². The first-order chi connectivity index (χ1) is 27.1. The van der Waals surface area contributed by atoms with Gasteiger partial charge in [-0.2, -0.15) is 5.01 Å². The summed E-state index contributed by atoms with van der Waals surface area (Å²) in [5.74, 6) is -4.35. The second-order valence-corrected chi connectivity index (χ2v) is 15.4. The number of para-hydroxylation sites is 1. The van der Waals surface area contributed by atoms with E-state index >= 15 is 9.59 Å². The summed E-state index contributed by atoms with van der Waals surface area (Å²) < 4.78 is 11.6. The molecular weight excluding hydrogens is 757 g/mol. The number of hydrogen-bond acceptors (Lipinski definition) is 9. The Hall–Kier alpha value is -5.36. The van der Waals surface area contributed by atoms with E-state index in [0.717, 1.165) is 16.1 Å². The summed E-state index contributed by atoms with van der Waals surface area (Å²) >= 11 is 12.8. The lowest BCUT2D eigenvalue weighted by Crippen LogP contribution is -2.53. The first-order valence-corrected chi connectivity index (χ1v) is 19.2. The van der Waals surface area contributed by atoms with Gasteiger partial charge in [-0.25, -0.2) is 0 Å². The van der Waals surface area contributed by atoms with E-state index in [9.17, 15) is 19.8 Å². The van der Waals surface area contributed by atoms with Crippen LogP contribution in [-0.2, 0) is 31.0 Å². The molecule has 4 aliphatic rings. The van der Waals surface area contributed by atoms with Gasteiger partial charge in [0.05, 0.1) is 47.6 Å². The van der Waals surface area contributed by atoms with Crippen LogP contribution in [0.4, 0.5) is 5.69 Å². The zero-order valence-corrected chi connectivity index (χ0v) is 31.9. The minimum Gasteiger partial charge on any atom is -0.508 e. The quantitative estimate of drug-likeness (QED) is 0.118. The second-order valence-electron chi connectivity index (χ2n) is 14.6. The first-order valence-electron chi connectivity index (χ1n) is 18.5. The molecule has 13 heteroatoms. The number of hydrogen-bond donors (Lipinski definition) is 3. The summed E-state index contributed by atoms with van der Waals surface area (Å²) in [4.78, 5) is 60.4. The van der Waals surface area contributed by atoms with Gasteiger partial charge in [0, 0.05) is 23.0 Å². The Bertz CT molecular complexity index is 2250. The largest absolute Gasteiger partial charge is 0.508 e. The van der Waals surface area contributed by atoms with Crippen molar-refractivity contribution < 1.29 is 38.9 Å². The van der Waals surface area contributed by atoms with Crippen LogP contribution in [0.3, 0.4) is 0 Å². The minimum atomic E-state index is -1.56. The predicted molar refractivity (Wildman–Crippen MR) is 208 cm³/mol. The number of halogens is 2. The van der Waals surface area contributed by atoms with E-state index in [2.05, 4.69) is 5.43 Å². The number of aliphatic hydroxyl groups is 1. The third-order valence-electron chi connectivity index (χ3n) is 11.8. The maximum Gasteiger partial charge on any atom is 0.260 e. The summed E-state index contributed by atoms with van der Waals surface area (Å²) in [6.45, 7) is -0.114. The van der Waals surface area contributed by atoms with Gasteiger partial charge in [0.2, 0.25) is 11.8 Å². The highest BCUT2D eigenvalue weighted by Crippen LogP contribution is 2.65. The van der Waals surface area contributed by atoms with Gasteiger partial charge in [-0.15, -0.1) is 0 Å². The number of fused-ring (bicyclic) bond motifs is 4. The fourth-order valence-electron chi connectivity index (χ4n) is 9.38. The minimum absolute atomic E-state index is 0.0194. The fourth-order valence-corrected chi connectivity index (χ4v) is 9.83. The van der Waals surface area contributed by atoms with E-state index < -0.39 is 46.8 Å². The number of likely N-dealkylation sites (tertiary alicyclic amines) is 1. The van der Waals surface area contributed by atoms with Crippen LogP contribution in [0.15, 0.2) is 103 Å². The number of phenols is 1. The smallest absolute Gasteiger partial charge is 0.260 e. The number of benzene rings is 4. The molecule has 4 aromatic rings. The number of phenolic OH excluding ortho intramolecular Hbond substituents is 1. The molecule has 8 rings (SSSR count). The number of rotatable bonds is 11. The number of methoxy groups -OCH3 is 1. The SMILES string of the molecule is COc1ccc(C23C(=O)N(Nc4ccc(Cl)cc4Cl)C(=O)C2CC2C(=CCC4C(=O)N(CCc5ccc(O)cc5)C(=O)C42)C3c2ccccc2OCCO)cc1. The van der Waals surface area contributed by atoms with Crippen LogP contribution in [-0.4, -0.2) is 70.6 Å². The van der Waals surface area contributed by atoms with Crippen molar-refractivity contribution in [3.63, 3.8) is 0 Å². The van der Waals surface area contributed by atoms with Crippen molar-refractivity contribution in [2.75, 3.05) is 32.3 Å². The van der Waals surface area contributed by atoms with Crippen molar-refractivity contribution in [3.8, 4) is 17.2 Å². The normalized spacial score (nSPS) is 25.4. The van der Waals surface area contributed by atoms with Crippen molar-refractivity contribution in [1.82, 2.24) is 9.91 Å². The van der Waals surface area contributed by atoms with Crippen LogP contribution in [0.5, 0.6) is 17.2 Å². The van der Waals surface area contributed by atoms with Crippen LogP contribution in [0.2, 0.25) is 10.0 Å². The molecule has 2 aliphatic carbocycles. The lowest BCUT2D eigenvalue weighted by molar-refractivity contribution is -0.141. The van der Waals surface area contributed by atoms with Gasteiger partial charge in [0.25, 0.3) is 11.8 Å². The van der Waals surface area contributed by atoms with Crippen LogP contribution < -0.4 is 14.9 Å². The summed E-state index contributed by atoms with van der Waals surface area (Å²) in [5.41, 5.74) is 4.53. The topological polar surface area (TPSA) is 146 Å². The number of hydrazine groups is 1. The average molecular weight is 797 g/mol. The number of imide groups is 2. The van der Waals surface area contributed by atoms with E-state index in [1.54, 1.807) is 79.9 Å². The van der Waals surface area contributed by atoms with Crippen LogP contribution in [0, 0.1) is 23.7 Å². The number of anilines is 1. The van der Waals surface area contributed by atoms with Gasteiger partial charge in [0.15, 0.2) is 0 Å².